The predicted octanol–water partition coefficient (Wildman–Crippen LogP) is 2.94. The summed E-state index contributed by atoms with van der Waals surface area (Å²) < 4.78 is 6.17. The van der Waals surface area contributed by atoms with E-state index in [4.69, 9.17) is 4.74 Å². The maximum absolute atomic E-state index is 6.17. The number of hydrogen-bond donors (Lipinski definition) is 2. The zero-order chi connectivity index (χ0) is 14.1. The van der Waals surface area contributed by atoms with Crippen LogP contribution in [0.3, 0.4) is 0 Å². The second kappa shape index (κ2) is 5.53. The number of pyridine rings is 1. The predicted molar refractivity (Wildman–Crippen MR) is 84.9 cm³/mol. The third kappa shape index (κ3) is 2.95. The van der Waals surface area contributed by atoms with E-state index in [1.54, 1.807) is 0 Å². The van der Waals surface area contributed by atoms with Gasteiger partial charge in [-0.15, -0.1) is 0 Å². The molecule has 1 saturated carbocycles. The molecule has 0 radical (unpaired) electrons. The first-order valence-corrected chi connectivity index (χ1v) is 7.91. The van der Waals surface area contributed by atoms with Crippen molar-refractivity contribution in [3.05, 3.63) is 30.5 Å². The van der Waals surface area contributed by atoms with E-state index in [1.165, 1.54) is 23.9 Å². The monoisotopic (exact) mass is 283 g/mol. The van der Waals surface area contributed by atoms with Crippen LogP contribution in [0, 0.1) is 0 Å². The molecule has 2 fully saturated rings. The number of ether oxygens (including phenoxy) is 1. The van der Waals surface area contributed by atoms with E-state index in [0.717, 1.165) is 37.2 Å². The number of nitrogens with zero attached hydrogens (tertiary/aromatic N) is 1. The quantitative estimate of drug-likeness (QED) is 0.905. The lowest BCUT2D eigenvalue weighted by Crippen LogP contribution is -2.34. The number of fused-ring (bicyclic) bond motifs is 1. The Labute approximate surface area is 124 Å². The molecule has 21 heavy (non-hydrogen) atoms. The lowest BCUT2D eigenvalue weighted by molar-refractivity contribution is 0.158. The first-order chi connectivity index (χ1) is 10.4. The van der Waals surface area contributed by atoms with Gasteiger partial charge in [-0.05, 0) is 62.4 Å². The number of hydrogen-bond acceptors (Lipinski definition) is 4. The third-order valence-corrected chi connectivity index (χ3v) is 4.24. The lowest BCUT2D eigenvalue weighted by atomic mass is 10.1. The maximum Gasteiger partial charge on any atom is 0.221 e. The van der Waals surface area contributed by atoms with E-state index in [2.05, 4.69) is 33.8 Å². The summed E-state index contributed by atoms with van der Waals surface area (Å²) in [5.74, 6) is 0.777. The molecule has 2 N–H and O–H groups in total. The van der Waals surface area contributed by atoms with Crippen LogP contribution >= 0.6 is 0 Å². The van der Waals surface area contributed by atoms with Crippen LogP contribution in [0.5, 0.6) is 5.88 Å². The Bertz CT molecular complexity index is 633. The molecule has 4 nitrogen and oxygen atoms in total. The standard InChI is InChI=1S/C17H21N3O/c1-2-14(20-13-3-4-13)11-16-12(1)5-10-19-17(16)21-15-6-8-18-9-7-15/h1-2,5,10-11,13,15,18,20H,3-4,6-9H2. The summed E-state index contributed by atoms with van der Waals surface area (Å²) in [5.41, 5.74) is 1.17. The molecule has 0 atom stereocenters. The van der Waals surface area contributed by atoms with Gasteiger partial charge in [-0.3, -0.25) is 0 Å². The van der Waals surface area contributed by atoms with Crippen LogP contribution in [0.1, 0.15) is 25.7 Å². The highest BCUT2D eigenvalue weighted by Gasteiger charge is 2.21. The van der Waals surface area contributed by atoms with Crippen molar-refractivity contribution in [1.82, 2.24) is 10.3 Å². The van der Waals surface area contributed by atoms with E-state index in [0.29, 0.717) is 6.04 Å². The summed E-state index contributed by atoms with van der Waals surface area (Å²) in [7, 11) is 0. The van der Waals surface area contributed by atoms with Crippen molar-refractivity contribution in [3.63, 3.8) is 0 Å². The zero-order valence-electron chi connectivity index (χ0n) is 12.1. The van der Waals surface area contributed by atoms with E-state index >= 15 is 0 Å². The number of piperidine rings is 1. The van der Waals surface area contributed by atoms with E-state index < -0.39 is 0 Å². The van der Waals surface area contributed by atoms with Gasteiger partial charge in [0.2, 0.25) is 5.88 Å². The minimum atomic E-state index is 0.282. The van der Waals surface area contributed by atoms with Crippen LogP contribution in [-0.2, 0) is 0 Å². The van der Waals surface area contributed by atoms with Crippen molar-refractivity contribution >= 4 is 16.5 Å². The van der Waals surface area contributed by atoms with Crippen molar-refractivity contribution in [2.45, 2.75) is 37.8 Å². The molecule has 2 aromatic rings. The lowest BCUT2D eigenvalue weighted by Gasteiger charge is -2.23. The topological polar surface area (TPSA) is 46.2 Å². The van der Waals surface area contributed by atoms with Gasteiger partial charge >= 0.3 is 0 Å². The molecule has 0 spiro atoms. The number of anilines is 1. The summed E-state index contributed by atoms with van der Waals surface area (Å²) >= 11 is 0. The minimum absolute atomic E-state index is 0.282. The molecule has 1 aromatic heterocycles. The van der Waals surface area contributed by atoms with E-state index in [-0.39, 0.29) is 6.10 Å². The second-order valence-electron chi connectivity index (χ2n) is 6.04. The average Bonchev–Trinajstić information content (AvgIpc) is 3.33. The van der Waals surface area contributed by atoms with E-state index in [9.17, 15) is 0 Å². The summed E-state index contributed by atoms with van der Waals surface area (Å²) in [4.78, 5) is 4.47. The molecule has 1 aliphatic carbocycles. The van der Waals surface area contributed by atoms with Crippen molar-refractivity contribution < 1.29 is 4.74 Å². The molecular weight excluding hydrogens is 262 g/mol. The number of nitrogens with one attached hydrogen (secondary N) is 2. The third-order valence-electron chi connectivity index (χ3n) is 4.24. The fraction of sp³-hybridized carbons (Fsp3) is 0.471. The van der Waals surface area contributed by atoms with Gasteiger partial charge in [0.25, 0.3) is 0 Å². The second-order valence-corrected chi connectivity index (χ2v) is 6.04. The van der Waals surface area contributed by atoms with Gasteiger partial charge in [0.05, 0.1) is 0 Å². The van der Waals surface area contributed by atoms with Crippen LogP contribution in [0.2, 0.25) is 0 Å². The summed E-state index contributed by atoms with van der Waals surface area (Å²) in [5, 5.41) is 9.21. The Balaban J connectivity index is 1.62. The largest absolute Gasteiger partial charge is 0.474 e. The van der Waals surface area contributed by atoms with Crippen LogP contribution in [-0.4, -0.2) is 30.2 Å². The summed E-state index contributed by atoms with van der Waals surface area (Å²) in [6.07, 6.45) is 6.79. The molecule has 0 bridgehead atoms. The SMILES string of the molecule is c1cc2ccc(NC3CC3)cc2c(OC2CCNCC2)n1. The van der Waals surface area contributed by atoms with Crippen LogP contribution < -0.4 is 15.4 Å². The molecule has 110 valence electrons. The highest BCUT2D eigenvalue weighted by atomic mass is 16.5. The molecule has 2 heterocycles. The van der Waals surface area contributed by atoms with Crippen molar-refractivity contribution in [2.75, 3.05) is 18.4 Å². The fourth-order valence-electron chi connectivity index (χ4n) is 2.86. The highest BCUT2D eigenvalue weighted by Crippen LogP contribution is 2.30. The highest BCUT2D eigenvalue weighted by molar-refractivity contribution is 5.89. The van der Waals surface area contributed by atoms with Crippen LogP contribution in [0.25, 0.3) is 10.8 Å². The van der Waals surface area contributed by atoms with Crippen LogP contribution in [0.4, 0.5) is 5.69 Å². The number of benzene rings is 1. The molecule has 4 heteroatoms. The molecule has 1 saturated heterocycles. The number of rotatable bonds is 4. The Morgan fingerprint density at radius 1 is 1.10 bits per heavy atom. The maximum atomic E-state index is 6.17. The Kier molecular flexibility index (Phi) is 3.39. The van der Waals surface area contributed by atoms with Crippen LogP contribution in [0.15, 0.2) is 30.5 Å². The van der Waals surface area contributed by atoms with Gasteiger partial charge in [0.15, 0.2) is 0 Å². The molecule has 1 aliphatic heterocycles. The zero-order valence-corrected chi connectivity index (χ0v) is 12.1. The molecule has 2 aliphatic rings. The van der Waals surface area contributed by atoms with Gasteiger partial charge in [0, 0.05) is 23.3 Å². The summed E-state index contributed by atoms with van der Waals surface area (Å²) in [6.45, 7) is 2.06. The Morgan fingerprint density at radius 3 is 2.76 bits per heavy atom. The van der Waals surface area contributed by atoms with Gasteiger partial charge in [0.1, 0.15) is 6.10 Å². The Morgan fingerprint density at radius 2 is 1.95 bits per heavy atom. The Hall–Kier alpha value is -1.81. The molecule has 4 rings (SSSR count). The number of aromatic nitrogens is 1. The van der Waals surface area contributed by atoms with Gasteiger partial charge in [-0.2, -0.15) is 0 Å². The van der Waals surface area contributed by atoms with Gasteiger partial charge < -0.3 is 15.4 Å². The molecule has 0 amide bonds. The molecule has 1 aromatic carbocycles. The first kappa shape index (κ1) is 12.9. The van der Waals surface area contributed by atoms with Crippen molar-refractivity contribution in [3.8, 4) is 5.88 Å². The first-order valence-electron chi connectivity index (χ1n) is 7.91. The van der Waals surface area contributed by atoms with Gasteiger partial charge in [-0.25, -0.2) is 4.98 Å². The minimum Gasteiger partial charge on any atom is -0.474 e. The molecular formula is C17H21N3O. The van der Waals surface area contributed by atoms with Gasteiger partial charge in [-0.1, -0.05) is 6.07 Å². The normalized spacial score (nSPS) is 19.6. The van der Waals surface area contributed by atoms with E-state index in [1.807, 2.05) is 12.3 Å². The average molecular weight is 283 g/mol. The summed E-state index contributed by atoms with van der Waals surface area (Å²) in [6, 6.07) is 9.18. The molecule has 0 unspecified atom stereocenters. The van der Waals surface area contributed by atoms with Crippen molar-refractivity contribution in [1.29, 1.82) is 0 Å². The smallest absolute Gasteiger partial charge is 0.221 e. The fourth-order valence-corrected chi connectivity index (χ4v) is 2.86. The van der Waals surface area contributed by atoms with Crippen molar-refractivity contribution in [2.24, 2.45) is 0 Å².